The molecule has 1 N–H and O–H groups in total. The summed E-state index contributed by atoms with van der Waals surface area (Å²) in [6.45, 7) is 7.97. The third-order valence-electron chi connectivity index (χ3n) is 5.65. The van der Waals surface area contributed by atoms with Crippen molar-refractivity contribution in [2.75, 3.05) is 26.2 Å². The highest BCUT2D eigenvalue weighted by Crippen LogP contribution is 2.26. The largest absolute Gasteiger partial charge is 0.370 e. The van der Waals surface area contributed by atoms with Crippen molar-refractivity contribution in [1.82, 2.24) is 20.0 Å². The van der Waals surface area contributed by atoms with Crippen LogP contribution in [0.3, 0.4) is 0 Å². The van der Waals surface area contributed by atoms with Crippen molar-refractivity contribution in [2.24, 2.45) is 11.8 Å². The van der Waals surface area contributed by atoms with E-state index >= 15 is 0 Å². The van der Waals surface area contributed by atoms with Crippen molar-refractivity contribution in [3.8, 4) is 0 Å². The number of carbonyl (C=O) groups is 1. The Balaban J connectivity index is 1.38. The summed E-state index contributed by atoms with van der Waals surface area (Å²) in [5.74, 6) is 1.11. The molecule has 2 aliphatic rings. The number of hydrogen-bond acceptors (Lipinski definition) is 3. The topological polar surface area (TPSA) is 59.4 Å². The number of rotatable bonds is 4. The lowest BCUT2D eigenvalue weighted by Gasteiger charge is -2.35. The minimum atomic E-state index is -0.177. The Morgan fingerprint density at radius 3 is 2.71 bits per heavy atom. The van der Waals surface area contributed by atoms with E-state index in [1.54, 1.807) is 0 Å². The van der Waals surface area contributed by atoms with Crippen molar-refractivity contribution >= 4 is 6.03 Å². The van der Waals surface area contributed by atoms with Crippen LogP contribution < -0.4 is 5.32 Å². The van der Waals surface area contributed by atoms with Gasteiger partial charge in [-0.05, 0) is 35.8 Å². The predicted molar refractivity (Wildman–Crippen MR) is 108 cm³/mol. The maximum absolute atomic E-state index is 12.6. The third kappa shape index (κ3) is 4.38. The van der Waals surface area contributed by atoms with Gasteiger partial charge in [0.1, 0.15) is 6.10 Å². The smallest absolute Gasteiger partial charge is 0.317 e. The molecule has 150 valence electrons. The lowest BCUT2D eigenvalue weighted by Crippen LogP contribution is -2.48. The van der Waals surface area contributed by atoms with Crippen molar-refractivity contribution < 1.29 is 9.53 Å². The summed E-state index contributed by atoms with van der Waals surface area (Å²) in [4.78, 5) is 14.6. The van der Waals surface area contributed by atoms with E-state index in [4.69, 9.17) is 9.84 Å². The lowest BCUT2D eigenvalue weighted by molar-refractivity contribution is 0.0394. The van der Waals surface area contributed by atoms with E-state index in [9.17, 15) is 4.79 Å². The number of benzene rings is 1. The van der Waals surface area contributed by atoms with Crippen LogP contribution in [0.4, 0.5) is 4.79 Å². The summed E-state index contributed by atoms with van der Waals surface area (Å²) in [6, 6.07) is 10.3. The van der Waals surface area contributed by atoms with Crippen molar-refractivity contribution in [3.05, 3.63) is 53.3 Å². The molecule has 2 amide bonds. The van der Waals surface area contributed by atoms with Gasteiger partial charge in [0.05, 0.1) is 25.4 Å². The van der Waals surface area contributed by atoms with E-state index in [1.807, 2.05) is 27.8 Å². The minimum absolute atomic E-state index is 0.0119. The number of urea groups is 1. The van der Waals surface area contributed by atoms with Crippen LogP contribution in [0.5, 0.6) is 0 Å². The number of aromatic nitrogens is 2. The quantitative estimate of drug-likeness (QED) is 0.883. The summed E-state index contributed by atoms with van der Waals surface area (Å²) in [6.07, 6.45) is 4.01. The van der Waals surface area contributed by atoms with Crippen LogP contribution in [0.1, 0.15) is 43.2 Å². The highest BCUT2D eigenvalue weighted by Gasteiger charge is 2.28. The number of hydrogen-bond donors (Lipinski definition) is 1. The molecule has 1 aromatic heterocycles. The zero-order chi connectivity index (χ0) is 19.5. The molecule has 6 nitrogen and oxygen atoms in total. The van der Waals surface area contributed by atoms with Gasteiger partial charge in [-0.2, -0.15) is 5.10 Å². The molecule has 2 aromatic rings. The van der Waals surface area contributed by atoms with Gasteiger partial charge in [-0.25, -0.2) is 4.79 Å². The summed E-state index contributed by atoms with van der Waals surface area (Å²) in [5.41, 5.74) is 3.41. The Bertz CT molecular complexity index is 794. The fourth-order valence-corrected chi connectivity index (χ4v) is 4.46. The fraction of sp³-hybridized carbons (Fsp3) is 0.545. The van der Waals surface area contributed by atoms with E-state index in [0.29, 0.717) is 25.0 Å². The molecule has 0 saturated carbocycles. The summed E-state index contributed by atoms with van der Waals surface area (Å²) < 4.78 is 7.92. The first-order valence-electron chi connectivity index (χ1n) is 10.3. The van der Waals surface area contributed by atoms with E-state index in [2.05, 4.69) is 37.5 Å². The van der Waals surface area contributed by atoms with E-state index in [-0.39, 0.29) is 12.1 Å². The number of carbonyl (C=O) groups excluding carboxylic acids is 1. The van der Waals surface area contributed by atoms with Gasteiger partial charge in [0.25, 0.3) is 0 Å². The summed E-state index contributed by atoms with van der Waals surface area (Å²) in [5, 5.41) is 7.84. The van der Waals surface area contributed by atoms with Crippen molar-refractivity contribution in [2.45, 2.75) is 39.3 Å². The van der Waals surface area contributed by atoms with Crippen LogP contribution >= 0.6 is 0 Å². The molecule has 4 rings (SSSR count). The van der Waals surface area contributed by atoms with E-state index in [1.165, 1.54) is 17.5 Å². The fourth-order valence-electron chi connectivity index (χ4n) is 4.46. The number of nitrogens with one attached hydrogen (secondary N) is 1. The number of ether oxygens (including phenoxy) is 1. The van der Waals surface area contributed by atoms with Crippen LogP contribution in [-0.4, -0.2) is 47.0 Å². The molecule has 1 saturated heterocycles. The zero-order valence-corrected chi connectivity index (χ0v) is 16.8. The second kappa shape index (κ2) is 8.35. The molecule has 1 aromatic carbocycles. The Labute approximate surface area is 166 Å². The third-order valence-corrected chi connectivity index (χ3v) is 5.65. The van der Waals surface area contributed by atoms with Crippen LogP contribution in [0.2, 0.25) is 0 Å². The summed E-state index contributed by atoms with van der Waals surface area (Å²) in [7, 11) is 0. The van der Waals surface area contributed by atoms with Crippen LogP contribution in [0.25, 0.3) is 0 Å². The van der Waals surface area contributed by atoms with Gasteiger partial charge in [0.2, 0.25) is 0 Å². The molecule has 1 fully saturated rings. The Kier molecular flexibility index (Phi) is 5.67. The van der Waals surface area contributed by atoms with E-state index in [0.717, 1.165) is 31.7 Å². The Morgan fingerprint density at radius 2 is 1.96 bits per heavy atom. The highest BCUT2D eigenvalue weighted by atomic mass is 16.5. The number of amides is 2. The van der Waals surface area contributed by atoms with Crippen molar-refractivity contribution in [3.63, 3.8) is 0 Å². The van der Waals surface area contributed by atoms with Gasteiger partial charge >= 0.3 is 6.03 Å². The number of fused-ring (bicyclic) bond motifs is 1. The van der Waals surface area contributed by atoms with Gasteiger partial charge in [-0.1, -0.05) is 44.2 Å². The van der Waals surface area contributed by atoms with Gasteiger partial charge in [0, 0.05) is 19.3 Å². The van der Waals surface area contributed by atoms with E-state index < -0.39 is 0 Å². The van der Waals surface area contributed by atoms with Gasteiger partial charge in [-0.3, -0.25) is 4.68 Å². The summed E-state index contributed by atoms with van der Waals surface area (Å²) >= 11 is 0. The molecule has 28 heavy (non-hydrogen) atoms. The van der Waals surface area contributed by atoms with Gasteiger partial charge in [0.15, 0.2) is 0 Å². The molecule has 0 radical (unpaired) electrons. The molecule has 0 aliphatic carbocycles. The molecule has 0 unspecified atom stereocenters. The molecule has 3 atom stereocenters. The second-order valence-electron chi connectivity index (χ2n) is 8.37. The zero-order valence-electron chi connectivity index (χ0n) is 16.8. The normalized spacial score (nSPS) is 24.6. The first-order valence-corrected chi connectivity index (χ1v) is 10.3. The average molecular weight is 383 g/mol. The minimum Gasteiger partial charge on any atom is -0.370 e. The maximum atomic E-state index is 12.6. The molecule has 3 heterocycles. The average Bonchev–Trinajstić information content (AvgIpc) is 3.09. The molecule has 0 spiro atoms. The molecule has 2 aliphatic heterocycles. The molecular weight excluding hydrogens is 352 g/mol. The Morgan fingerprint density at radius 1 is 1.21 bits per heavy atom. The first kappa shape index (κ1) is 19.0. The van der Waals surface area contributed by atoms with Crippen LogP contribution in [0.15, 0.2) is 36.5 Å². The van der Waals surface area contributed by atoms with Crippen molar-refractivity contribution in [1.29, 1.82) is 0 Å². The number of piperidine rings is 1. The van der Waals surface area contributed by atoms with Gasteiger partial charge < -0.3 is 15.0 Å². The van der Waals surface area contributed by atoms with Gasteiger partial charge in [-0.15, -0.1) is 0 Å². The lowest BCUT2D eigenvalue weighted by atomic mass is 9.92. The molecular formula is C22H30N4O2. The molecule has 6 heteroatoms. The van der Waals surface area contributed by atoms with Crippen LogP contribution in [0, 0.1) is 11.8 Å². The monoisotopic (exact) mass is 382 g/mol. The second-order valence-corrected chi connectivity index (χ2v) is 8.37. The van der Waals surface area contributed by atoms with Crippen LogP contribution in [-0.2, 0) is 17.7 Å². The number of likely N-dealkylation sites (tertiary alicyclic amines) is 1. The Hall–Kier alpha value is -2.34. The highest BCUT2D eigenvalue weighted by molar-refractivity contribution is 5.74. The maximum Gasteiger partial charge on any atom is 0.317 e. The predicted octanol–water partition coefficient (Wildman–Crippen LogP) is 3.23. The SMILES string of the molecule is C[C@@H]1C[C@H](C)CN(C(=O)NC[C@@H]2OCCc3cn(Cc4ccccc4)nc32)C1. The standard InChI is InChI=1S/C22H30N4O2/c1-16-10-17(2)13-25(12-16)22(27)23-11-20-21-19(8-9-28-20)15-26(24-21)14-18-6-4-3-5-7-18/h3-7,15-17,20H,8-14H2,1-2H3,(H,23,27)/t16-,17+,20-/m0/s1. The first-order chi connectivity index (χ1) is 13.6. The number of nitrogens with zero attached hydrogens (tertiary/aromatic N) is 3. The molecule has 0 bridgehead atoms.